The van der Waals surface area contributed by atoms with Crippen molar-refractivity contribution in [1.82, 2.24) is 0 Å². The third-order valence-corrected chi connectivity index (χ3v) is 9.04. The number of hydrogen-bond donors (Lipinski definition) is 1. The Balaban J connectivity index is 3.24. The molecule has 0 fully saturated rings. The van der Waals surface area contributed by atoms with Gasteiger partial charge in [-0.25, -0.2) is 0 Å². The predicted octanol–water partition coefficient (Wildman–Crippen LogP) is 4.76. The summed E-state index contributed by atoms with van der Waals surface area (Å²) in [6.45, 7) is 11.5. The van der Waals surface area contributed by atoms with Crippen LogP contribution < -0.4 is 5.30 Å². The zero-order valence-corrected chi connectivity index (χ0v) is 14.1. The van der Waals surface area contributed by atoms with Crippen LogP contribution in [-0.4, -0.2) is 23.6 Å². The Morgan fingerprint density at radius 1 is 1.00 bits per heavy atom. The Kier molecular flexibility index (Phi) is 6.33. The molecular weight excluding hydrogens is 251 g/mol. The van der Waals surface area contributed by atoms with E-state index in [4.69, 9.17) is 0 Å². The topological polar surface area (TPSA) is 20.2 Å². The number of para-hydroxylation sites is 1. The molecule has 1 nitrogen and oxygen atoms in total. The van der Waals surface area contributed by atoms with E-state index in [0.29, 0.717) is 17.6 Å². The Morgan fingerprint density at radius 2 is 1.53 bits per heavy atom. The van der Waals surface area contributed by atoms with Gasteiger partial charge in [-0.2, -0.15) is 0 Å². The molecule has 0 unspecified atom stereocenters. The molecule has 0 aromatic heterocycles. The summed E-state index contributed by atoms with van der Waals surface area (Å²) in [4.78, 5) is 0. The van der Waals surface area contributed by atoms with Gasteiger partial charge < -0.3 is 5.11 Å². The standard InChI is InChI=1S/C17H29OP/c1-6-11-19(12-14(2)3,13-15(4)5)17-10-8-7-9-16(17)18/h7-10,14-15H,6,11-13H2,1-5H3/p+1. The van der Waals surface area contributed by atoms with Gasteiger partial charge in [-0.1, -0.05) is 46.8 Å². The van der Waals surface area contributed by atoms with E-state index in [-0.39, 0.29) is 0 Å². The highest BCUT2D eigenvalue weighted by Gasteiger charge is 2.42. The van der Waals surface area contributed by atoms with Crippen LogP contribution >= 0.6 is 7.26 Å². The lowest BCUT2D eigenvalue weighted by Gasteiger charge is -2.30. The maximum atomic E-state index is 10.3. The van der Waals surface area contributed by atoms with Gasteiger partial charge in [-0.3, -0.25) is 0 Å². The van der Waals surface area contributed by atoms with E-state index in [2.05, 4.69) is 46.8 Å². The fourth-order valence-electron chi connectivity index (χ4n) is 3.27. The smallest absolute Gasteiger partial charge is 0.157 e. The van der Waals surface area contributed by atoms with Crippen molar-refractivity contribution in [1.29, 1.82) is 0 Å². The van der Waals surface area contributed by atoms with Crippen molar-refractivity contribution in [2.24, 2.45) is 11.8 Å². The van der Waals surface area contributed by atoms with E-state index >= 15 is 0 Å². The van der Waals surface area contributed by atoms with E-state index in [9.17, 15) is 5.11 Å². The van der Waals surface area contributed by atoms with E-state index in [0.717, 1.165) is 0 Å². The molecule has 0 saturated carbocycles. The van der Waals surface area contributed by atoms with Crippen LogP contribution in [0.2, 0.25) is 0 Å². The number of benzene rings is 1. The van der Waals surface area contributed by atoms with Gasteiger partial charge >= 0.3 is 0 Å². The lowest BCUT2D eigenvalue weighted by molar-refractivity contribution is 0.479. The van der Waals surface area contributed by atoms with Crippen molar-refractivity contribution >= 4 is 12.6 Å². The van der Waals surface area contributed by atoms with Crippen LogP contribution in [0.4, 0.5) is 0 Å². The molecule has 1 aromatic rings. The van der Waals surface area contributed by atoms with E-state index in [1.54, 1.807) is 0 Å². The van der Waals surface area contributed by atoms with E-state index in [1.165, 1.54) is 30.2 Å². The Bertz CT molecular complexity index is 375. The number of phenols is 1. The van der Waals surface area contributed by atoms with Gasteiger partial charge in [0.2, 0.25) is 0 Å². The molecule has 1 N–H and O–H groups in total. The molecule has 0 radical (unpaired) electrons. The quantitative estimate of drug-likeness (QED) is 0.715. The van der Waals surface area contributed by atoms with Gasteiger partial charge in [0.15, 0.2) is 5.75 Å². The monoisotopic (exact) mass is 281 g/mol. The van der Waals surface area contributed by atoms with Crippen molar-refractivity contribution in [2.75, 3.05) is 18.5 Å². The second-order valence-electron chi connectivity index (χ2n) is 6.51. The minimum Gasteiger partial charge on any atom is -0.504 e. The highest BCUT2D eigenvalue weighted by Crippen LogP contribution is 2.61. The molecule has 0 aliphatic rings. The zero-order valence-electron chi connectivity index (χ0n) is 13.2. The maximum absolute atomic E-state index is 10.3. The summed E-state index contributed by atoms with van der Waals surface area (Å²) < 4.78 is 0. The molecular formula is C17H30OP+. The molecule has 0 aliphatic carbocycles. The third kappa shape index (κ3) is 4.49. The maximum Gasteiger partial charge on any atom is 0.157 e. The van der Waals surface area contributed by atoms with Crippen LogP contribution in [0.1, 0.15) is 41.0 Å². The van der Waals surface area contributed by atoms with Crippen molar-refractivity contribution in [2.45, 2.75) is 41.0 Å². The minimum absolute atomic E-state index is 0.519. The molecule has 0 heterocycles. The second-order valence-corrected chi connectivity index (χ2v) is 10.5. The molecule has 19 heavy (non-hydrogen) atoms. The van der Waals surface area contributed by atoms with Crippen LogP contribution in [0.15, 0.2) is 24.3 Å². The van der Waals surface area contributed by atoms with Gasteiger partial charge in [0.25, 0.3) is 0 Å². The predicted molar refractivity (Wildman–Crippen MR) is 89.2 cm³/mol. The van der Waals surface area contributed by atoms with Crippen molar-refractivity contribution < 1.29 is 5.11 Å². The molecule has 0 saturated heterocycles. The van der Waals surface area contributed by atoms with E-state index < -0.39 is 7.26 Å². The minimum atomic E-state index is -1.25. The van der Waals surface area contributed by atoms with Gasteiger partial charge in [-0.05, 0) is 30.4 Å². The van der Waals surface area contributed by atoms with Gasteiger partial charge in [0.05, 0.1) is 25.7 Å². The SMILES string of the molecule is CCC[P+](CC(C)C)(CC(C)C)c1ccccc1O. The van der Waals surface area contributed by atoms with Crippen LogP contribution in [0, 0.1) is 11.8 Å². The van der Waals surface area contributed by atoms with E-state index in [1.807, 2.05) is 12.1 Å². The summed E-state index contributed by atoms with van der Waals surface area (Å²) in [6.07, 6.45) is 5.00. The zero-order chi connectivity index (χ0) is 14.5. The molecule has 108 valence electrons. The molecule has 1 rings (SSSR count). The Hall–Kier alpha value is -0.550. The number of hydrogen-bond acceptors (Lipinski definition) is 1. The summed E-state index contributed by atoms with van der Waals surface area (Å²) in [6, 6.07) is 8.05. The summed E-state index contributed by atoms with van der Waals surface area (Å²) in [5, 5.41) is 11.6. The van der Waals surface area contributed by atoms with Crippen molar-refractivity contribution in [3.63, 3.8) is 0 Å². The molecule has 0 aliphatic heterocycles. The van der Waals surface area contributed by atoms with Crippen molar-refractivity contribution in [3.05, 3.63) is 24.3 Å². The first-order chi connectivity index (χ1) is 8.91. The number of phenolic OH excluding ortho intramolecular Hbond substituents is 1. The fraction of sp³-hybridized carbons (Fsp3) is 0.647. The Labute approximate surface area is 119 Å². The largest absolute Gasteiger partial charge is 0.504 e. The first-order valence-corrected chi connectivity index (χ1v) is 9.90. The molecule has 0 atom stereocenters. The van der Waals surface area contributed by atoms with Crippen LogP contribution in [0.3, 0.4) is 0 Å². The first-order valence-electron chi connectivity index (χ1n) is 7.56. The first kappa shape index (κ1) is 16.5. The highest BCUT2D eigenvalue weighted by atomic mass is 31.2. The lowest BCUT2D eigenvalue weighted by atomic mass is 10.3. The average Bonchev–Trinajstić information content (AvgIpc) is 2.27. The molecule has 0 spiro atoms. The summed E-state index contributed by atoms with van der Waals surface area (Å²) in [5.41, 5.74) is 0. The average molecular weight is 281 g/mol. The normalized spacial score (nSPS) is 12.4. The molecule has 0 amide bonds. The Morgan fingerprint density at radius 3 is 1.95 bits per heavy atom. The summed E-state index contributed by atoms with van der Waals surface area (Å²) >= 11 is 0. The van der Waals surface area contributed by atoms with Gasteiger partial charge in [0, 0.05) is 0 Å². The molecule has 0 bridgehead atoms. The summed E-state index contributed by atoms with van der Waals surface area (Å²) in [7, 11) is -1.25. The second kappa shape index (κ2) is 7.29. The van der Waals surface area contributed by atoms with Gasteiger partial charge in [0.1, 0.15) is 5.30 Å². The third-order valence-electron chi connectivity index (χ3n) is 3.47. The molecule has 2 heteroatoms. The lowest BCUT2D eigenvalue weighted by Crippen LogP contribution is -2.25. The van der Waals surface area contributed by atoms with Gasteiger partial charge in [-0.15, -0.1) is 0 Å². The molecule has 1 aromatic carbocycles. The fourth-order valence-corrected chi connectivity index (χ4v) is 9.03. The number of rotatable bonds is 7. The number of aromatic hydroxyl groups is 1. The summed E-state index contributed by atoms with van der Waals surface area (Å²) in [5.74, 6) is 1.90. The van der Waals surface area contributed by atoms with Crippen molar-refractivity contribution in [3.8, 4) is 5.75 Å². The van der Waals surface area contributed by atoms with Crippen LogP contribution in [-0.2, 0) is 0 Å². The van der Waals surface area contributed by atoms with Crippen LogP contribution in [0.25, 0.3) is 0 Å². The highest BCUT2D eigenvalue weighted by molar-refractivity contribution is 7.83. The van der Waals surface area contributed by atoms with Crippen LogP contribution in [0.5, 0.6) is 5.75 Å².